The molecule has 0 unspecified atom stereocenters. The first-order valence-electron chi connectivity index (χ1n) is 8.45. The fourth-order valence-corrected chi connectivity index (χ4v) is 2.95. The number of benzene rings is 2. The molecule has 0 radical (unpaired) electrons. The SMILES string of the molecule is COc1cccc([C@]2(O)CC(C)=NN2C(=O)COc2ccc([N+](=O)[O-])cc2)c1. The number of non-ortho nitro benzene ring substituents is 1. The molecule has 1 aliphatic heterocycles. The second-order valence-corrected chi connectivity index (χ2v) is 6.31. The number of carbonyl (C=O) groups is 1. The van der Waals surface area contributed by atoms with Gasteiger partial charge in [0.15, 0.2) is 12.3 Å². The zero-order chi connectivity index (χ0) is 20.3. The van der Waals surface area contributed by atoms with Crippen LogP contribution in [0.15, 0.2) is 53.6 Å². The van der Waals surface area contributed by atoms with Gasteiger partial charge >= 0.3 is 0 Å². The average Bonchev–Trinajstić information content (AvgIpc) is 3.02. The van der Waals surface area contributed by atoms with E-state index in [0.717, 1.165) is 5.01 Å². The van der Waals surface area contributed by atoms with Gasteiger partial charge < -0.3 is 14.6 Å². The van der Waals surface area contributed by atoms with Crippen molar-refractivity contribution in [3.63, 3.8) is 0 Å². The van der Waals surface area contributed by atoms with Crippen molar-refractivity contribution in [1.82, 2.24) is 5.01 Å². The summed E-state index contributed by atoms with van der Waals surface area (Å²) >= 11 is 0. The highest BCUT2D eigenvalue weighted by Gasteiger charge is 2.45. The zero-order valence-electron chi connectivity index (χ0n) is 15.4. The van der Waals surface area contributed by atoms with Gasteiger partial charge in [-0.05, 0) is 31.2 Å². The van der Waals surface area contributed by atoms with Crippen LogP contribution < -0.4 is 9.47 Å². The first-order valence-corrected chi connectivity index (χ1v) is 8.45. The van der Waals surface area contributed by atoms with Gasteiger partial charge in [-0.2, -0.15) is 10.1 Å². The Hall–Kier alpha value is -3.46. The second kappa shape index (κ2) is 7.65. The Kier molecular flexibility index (Phi) is 5.27. The van der Waals surface area contributed by atoms with Crippen molar-refractivity contribution in [3.05, 3.63) is 64.2 Å². The standard InChI is InChI=1S/C19H19N3O6/c1-13-11-19(24,14-4-3-5-17(10-14)27-2)21(20-13)18(23)12-28-16-8-6-15(7-9-16)22(25)26/h3-10,24H,11-12H2,1-2H3/t19-/m1/s1. The van der Waals surface area contributed by atoms with Gasteiger partial charge in [-0.1, -0.05) is 12.1 Å². The van der Waals surface area contributed by atoms with Crippen LogP contribution in [0, 0.1) is 10.1 Å². The number of nitro groups is 1. The molecule has 9 nitrogen and oxygen atoms in total. The summed E-state index contributed by atoms with van der Waals surface area (Å²) in [4.78, 5) is 22.8. The third-order valence-corrected chi connectivity index (χ3v) is 4.30. The molecular weight excluding hydrogens is 366 g/mol. The van der Waals surface area contributed by atoms with E-state index in [1.807, 2.05) is 0 Å². The lowest BCUT2D eigenvalue weighted by Crippen LogP contribution is -2.45. The highest BCUT2D eigenvalue weighted by Crippen LogP contribution is 2.36. The number of amides is 1. The van der Waals surface area contributed by atoms with Gasteiger partial charge in [0.1, 0.15) is 11.5 Å². The molecule has 0 saturated heterocycles. The molecule has 0 fully saturated rings. The molecule has 1 amide bonds. The minimum atomic E-state index is -1.64. The fraction of sp³-hybridized carbons (Fsp3) is 0.263. The van der Waals surface area contributed by atoms with E-state index in [-0.39, 0.29) is 18.7 Å². The van der Waals surface area contributed by atoms with Gasteiger partial charge in [0, 0.05) is 29.8 Å². The highest BCUT2D eigenvalue weighted by molar-refractivity contribution is 5.89. The minimum absolute atomic E-state index is 0.0779. The maximum absolute atomic E-state index is 12.7. The number of ether oxygens (including phenoxy) is 2. The Bertz CT molecular complexity index is 928. The smallest absolute Gasteiger partial charge is 0.283 e. The largest absolute Gasteiger partial charge is 0.497 e. The summed E-state index contributed by atoms with van der Waals surface area (Å²) in [6, 6.07) is 12.2. The van der Waals surface area contributed by atoms with E-state index in [1.165, 1.54) is 31.4 Å². The van der Waals surface area contributed by atoms with Crippen LogP contribution in [0.2, 0.25) is 0 Å². The molecular formula is C19H19N3O6. The summed E-state index contributed by atoms with van der Waals surface area (Å²) in [6.45, 7) is 1.33. The van der Waals surface area contributed by atoms with Gasteiger partial charge in [0.2, 0.25) is 0 Å². The molecule has 3 rings (SSSR count). The quantitative estimate of drug-likeness (QED) is 0.603. The Morgan fingerprint density at radius 3 is 2.64 bits per heavy atom. The number of hydrogen-bond acceptors (Lipinski definition) is 7. The van der Waals surface area contributed by atoms with Gasteiger partial charge in [0.25, 0.3) is 11.6 Å². The van der Waals surface area contributed by atoms with Gasteiger partial charge in [-0.3, -0.25) is 14.9 Å². The molecule has 146 valence electrons. The van der Waals surface area contributed by atoms with Crippen molar-refractivity contribution < 1.29 is 24.3 Å². The van der Waals surface area contributed by atoms with Crippen LogP contribution >= 0.6 is 0 Å². The van der Waals surface area contributed by atoms with E-state index in [1.54, 1.807) is 31.2 Å². The van der Waals surface area contributed by atoms with Crippen molar-refractivity contribution in [3.8, 4) is 11.5 Å². The Morgan fingerprint density at radius 1 is 1.29 bits per heavy atom. The molecule has 0 aromatic heterocycles. The van der Waals surface area contributed by atoms with Crippen LogP contribution in [0.1, 0.15) is 18.9 Å². The normalized spacial score (nSPS) is 18.5. The number of carbonyl (C=O) groups excluding carboxylic acids is 1. The lowest BCUT2D eigenvalue weighted by Gasteiger charge is -2.31. The number of hydrogen-bond donors (Lipinski definition) is 1. The predicted octanol–water partition coefficient (Wildman–Crippen LogP) is 2.44. The van der Waals surface area contributed by atoms with Crippen LogP contribution in [0.3, 0.4) is 0 Å². The Morgan fingerprint density at radius 2 is 2.00 bits per heavy atom. The summed E-state index contributed by atoms with van der Waals surface area (Å²) in [5.41, 5.74) is -0.662. The third-order valence-electron chi connectivity index (χ3n) is 4.30. The van der Waals surface area contributed by atoms with Crippen LogP contribution in [0.25, 0.3) is 0 Å². The van der Waals surface area contributed by atoms with Crippen molar-refractivity contribution in [1.29, 1.82) is 0 Å². The summed E-state index contributed by atoms with van der Waals surface area (Å²) in [5.74, 6) is 0.286. The van der Waals surface area contributed by atoms with Crippen molar-refractivity contribution >= 4 is 17.3 Å². The topological polar surface area (TPSA) is 114 Å². The predicted molar refractivity (Wildman–Crippen MR) is 100 cm³/mol. The molecule has 1 atom stereocenters. The van der Waals surface area contributed by atoms with Crippen molar-refractivity contribution in [2.45, 2.75) is 19.1 Å². The van der Waals surface area contributed by atoms with Gasteiger partial charge in [-0.15, -0.1) is 0 Å². The summed E-state index contributed by atoms with van der Waals surface area (Å²) in [5, 5.41) is 27.0. The number of rotatable bonds is 6. The lowest BCUT2D eigenvalue weighted by molar-refractivity contribution is -0.384. The molecule has 2 aromatic rings. The first kappa shape index (κ1) is 19.3. The number of aliphatic hydroxyl groups is 1. The van der Waals surface area contributed by atoms with Crippen LogP contribution in [-0.4, -0.2) is 40.4 Å². The Balaban J connectivity index is 1.75. The summed E-state index contributed by atoms with van der Waals surface area (Å²) in [7, 11) is 1.51. The molecule has 9 heteroatoms. The Labute approximate surface area is 160 Å². The van der Waals surface area contributed by atoms with Crippen LogP contribution in [0.5, 0.6) is 11.5 Å². The molecule has 1 heterocycles. The maximum atomic E-state index is 12.7. The molecule has 0 aliphatic carbocycles. The van der Waals surface area contributed by atoms with E-state index < -0.39 is 16.6 Å². The summed E-state index contributed by atoms with van der Waals surface area (Å²) in [6.07, 6.45) is 0.156. The molecule has 1 N–H and O–H groups in total. The molecule has 0 saturated carbocycles. The molecule has 2 aromatic carbocycles. The van der Waals surface area contributed by atoms with E-state index in [4.69, 9.17) is 9.47 Å². The molecule has 28 heavy (non-hydrogen) atoms. The minimum Gasteiger partial charge on any atom is -0.497 e. The van der Waals surface area contributed by atoms with Crippen molar-refractivity contribution in [2.75, 3.05) is 13.7 Å². The van der Waals surface area contributed by atoms with Gasteiger partial charge in [0.05, 0.1) is 12.0 Å². The monoisotopic (exact) mass is 385 g/mol. The molecule has 0 bridgehead atoms. The van der Waals surface area contributed by atoms with Crippen LogP contribution in [-0.2, 0) is 10.5 Å². The maximum Gasteiger partial charge on any atom is 0.283 e. The third kappa shape index (κ3) is 3.79. The fourth-order valence-electron chi connectivity index (χ4n) is 2.95. The summed E-state index contributed by atoms with van der Waals surface area (Å²) < 4.78 is 10.6. The number of methoxy groups -OCH3 is 1. The number of hydrazone groups is 1. The van der Waals surface area contributed by atoms with Crippen molar-refractivity contribution in [2.24, 2.45) is 5.10 Å². The zero-order valence-corrected chi connectivity index (χ0v) is 15.4. The van der Waals surface area contributed by atoms with E-state index in [0.29, 0.717) is 22.8 Å². The lowest BCUT2D eigenvalue weighted by atomic mass is 9.97. The highest BCUT2D eigenvalue weighted by atomic mass is 16.6. The number of nitrogens with zero attached hydrogens (tertiary/aromatic N) is 3. The molecule has 0 spiro atoms. The first-order chi connectivity index (χ1) is 13.3. The second-order valence-electron chi connectivity index (χ2n) is 6.31. The number of nitro benzene ring substituents is 1. The van der Waals surface area contributed by atoms with E-state index >= 15 is 0 Å². The van der Waals surface area contributed by atoms with E-state index in [9.17, 15) is 20.0 Å². The van der Waals surface area contributed by atoms with Gasteiger partial charge in [-0.25, -0.2) is 0 Å². The average molecular weight is 385 g/mol. The van der Waals surface area contributed by atoms with Crippen LogP contribution in [0.4, 0.5) is 5.69 Å². The van der Waals surface area contributed by atoms with E-state index in [2.05, 4.69) is 5.10 Å². The molecule has 1 aliphatic rings.